The van der Waals surface area contributed by atoms with Gasteiger partial charge in [0.05, 0.1) is 12.0 Å². The van der Waals surface area contributed by atoms with Crippen molar-refractivity contribution in [2.45, 2.75) is 25.9 Å². The first kappa shape index (κ1) is 15.9. The Balaban J connectivity index is 1.24. The Hall–Kier alpha value is -3.35. The molecule has 27 heavy (non-hydrogen) atoms. The smallest absolute Gasteiger partial charge is 0.248 e. The van der Waals surface area contributed by atoms with Crippen LogP contribution in [0.15, 0.2) is 66.9 Å². The van der Waals surface area contributed by atoms with E-state index in [-0.39, 0.29) is 0 Å². The van der Waals surface area contributed by atoms with Gasteiger partial charge in [0.15, 0.2) is 0 Å². The predicted molar refractivity (Wildman–Crippen MR) is 104 cm³/mol. The van der Waals surface area contributed by atoms with Crippen molar-refractivity contribution < 1.29 is 0 Å². The third-order valence-electron chi connectivity index (χ3n) is 5.03. The topological polar surface area (TPSA) is 72.6 Å². The molecule has 0 bridgehead atoms. The molecule has 0 fully saturated rings. The third kappa shape index (κ3) is 3.23. The summed E-state index contributed by atoms with van der Waals surface area (Å²) >= 11 is 0. The Morgan fingerprint density at radius 2 is 2.22 bits per heavy atom. The van der Waals surface area contributed by atoms with Crippen molar-refractivity contribution in [2.24, 2.45) is 5.92 Å². The molecule has 1 aliphatic carbocycles. The van der Waals surface area contributed by atoms with Gasteiger partial charge >= 0.3 is 0 Å². The van der Waals surface area contributed by atoms with E-state index in [4.69, 9.17) is 0 Å². The van der Waals surface area contributed by atoms with E-state index in [2.05, 4.69) is 60.6 Å². The lowest BCUT2D eigenvalue weighted by molar-refractivity contribution is 0.522. The van der Waals surface area contributed by atoms with Crippen molar-refractivity contribution >= 4 is 11.9 Å². The summed E-state index contributed by atoms with van der Waals surface area (Å²) in [5.41, 5.74) is 3.35. The largest absolute Gasteiger partial charge is 0.350 e. The number of fused-ring (bicyclic) bond motifs is 3. The summed E-state index contributed by atoms with van der Waals surface area (Å²) in [5, 5.41) is 11.3. The minimum atomic E-state index is 0.551. The van der Waals surface area contributed by atoms with Crippen LogP contribution >= 0.6 is 0 Å². The molecule has 1 aromatic carbocycles. The van der Waals surface area contributed by atoms with Gasteiger partial charge in [-0.25, -0.2) is 4.98 Å². The zero-order chi connectivity index (χ0) is 18.1. The lowest BCUT2D eigenvalue weighted by Gasteiger charge is -2.17. The molecule has 0 spiro atoms. The highest BCUT2D eigenvalue weighted by atomic mass is 15.4. The number of anilines is 2. The second-order valence-electron chi connectivity index (χ2n) is 6.88. The van der Waals surface area contributed by atoms with E-state index < -0.39 is 0 Å². The number of nitrogens with one attached hydrogen (secondary N) is 2. The van der Waals surface area contributed by atoms with Crippen LogP contribution in [0, 0.1) is 5.92 Å². The zero-order valence-electron chi connectivity index (χ0n) is 14.9. The van der Waals surface area contributed by atoms with Crippen LogP contribution in [0.5, 0.6) is 0 Å². The first-order valence-electron chi connectivity index (χ1n) is 9.25. The molecule has 0 saturated heterocycles. The van der Waals surface area contributed by atoms with Gasteiger partial charge in [-0.1, -0.05) is 30.4 Å². The molecule has 7 heteroatoms. The lowest BCUT2D eigenvalue weighted by atomic mass is 9.96. The SMILES string of the molecule is C1=CC(CCn2ccnc2)CC=C1Nc1nc2n(n1)-c1ccccc1CN2. The average molecular weight is 359 g/mol. The Bertz CT molecular complexity index is 997. The van der Waals surface area contributed by atoms with E-state index in [0.29, 0.717) is 11.9 Å². The summed E-state index contributed by atoms with van der Waals surface area (Å²) in [6.45, 7) is 1.77. The number of hydrogen-bond acceptors (Lipinski definition) is 5. The molecule has 3 aromatic rings. The number of imidazole rings is 1. The minimum absolute atomic E-state index is 0.551. The molecule has 5 rings (SSSR count). The lowest BCUT2D eigenvalue weighted by Crippen LogP contribution is -2.15. The summed E-state index contributed by atoms with van der Waals surface area (Å²) in [4.78, 5) is 8.67. The highest BCUT2D eigenvalue weighted by Crippen LogP contribution is 2.26. The van der Waals surface area contributed by atoms with Crippen molar-refractivity contribution in [3.8, 4) is 5.69 Å². The molecule has 3 heterocycles. The monoisotopic (exact) mass is 359 g/mol. The second-order valence-corrected chi connectivity index (χ2v) is 6.88. The highest BCUT2D eigenvalue weighted by Gasteiger charge is 2.19. The molecular weight excluding hydrogens is 338 g/mol. The first-order chi connectivity index (χ1) is 13.3. The summed E-state index contributed by atoms with van der Waals surface area (Å²) in [6.07, 6.45) is 14.4. The van der Waals surface area contributed by atoms with Crippen LogP contribution in [0.1, 0.15) is 18.4 Å². The van der Waals surface area contributed by atoms with Crippen LogP contribution in [0.25, 0.3) is 5.69 Å². The standard InChI is InChI=1S/C20H21N7/c1-2-4-18-16(3-1)13-22-20-24-19(25-27(18)20)23-17-7-5-15(6-8-17)9-11-26-12-10-21-14-26/h1-5,7-8,10,12,14-15H,6,9,11,13H2,(H2,22,23,24,25). The van der Waals surface area contributed by atoms with Crippen molar-refractivity contribution in [2.75, 3.05) is 10.6 Å². The van der Waals surface area contributed by atoms with Crippen LogP contribution in [0.4, 0.5) is 11.9 Å². The molecule has 136 valence electrons. The number of para-hydroxylation sites is 1. The Kier molecular flexibility index (Phi) is 3.97. The minimum Gasteiger partial charge on any atom is -0.350 e. The van der Waals surface area contributed by atoms with Crippen LogP contribution in [0.3, 0.4) is 0 Å². The summed E-state index contributed by atoms with van der Waals surface area (Å²) in [7, 11) is 0. The summed E-state index contributed by atoms with van der Waals surface area (Å²) < 4.78 is 3.98. The Morgan fingerprint density at radius 1 is 1.26 bits per heavy atom. The Labute approximate surface area is 157 Å². The van der Waals surface area contributed by atoms with Gasteiger partial charge in [-0.2, -0.15) is 9.67 Å². The molecule has 0 radical (unpaired) electrons. The maximum atomic E-state index is 4.62. The van der Waals surface area contributed by atoms with E-state index in [1.807, 2.05) is 35.5 Å². The van der Waals surface area contributed by atoms with Crippen molar-refractivity contribution in [1.82, 2.24) is 24.3 Å². The maximum absolute atomic E-state index is 4.62. The highest BCUT2D eigenvalue weighted by molar-refractivity contribution is 5.54. The van der Waals surface area contributed by atoms with Gasteiger partial charge in [0.2, 0.25) is 11.9 Å². The van der Waals surface area contributed by atoms with Gasteiger partial charge in [-0.05, 0) is 36.5 Å². The molecule has 2 N–H and O–H groups in total. The predicted octanol–water partition coefficient (Wildman–Crippen LogP) is 3.35. The summed E-state index contributed by atoms with van der Waals surface area (Å²) in [6, 6.07) is 8.25. The fourth-order valence-electron chi connectivity index (χ4n) is 3.52. The van der Waals surface area contributed by atoms with Gasteiger partial charge in [0, 0.05) is 31.2 Å². The fraction of sp³-hybridized carbons (Fsp3) is 0.250. The molecule has 1 atom stereocenters. The fourth-order valence-corrected chi connectivity index (χ4v) is 3.52. The average Bonchev–Trinajstić information content (AvgIpc) is 3.37. The molecule has 1 unspecified atom stereocenters. The van der Waals surface area contributed by atoms with Gasteiger partial charge in [-0.3, -0.25) is 0 Å². The van der Waals surface area contributed by atoms with Crippen LogP contribution in [-0.4, -0.2) is 24.3 Å². The quantitative estimate of drug-likeness (QED) is 0.731. The van der Waals surface area contributed by atoms with E-state index in [1.165, 1.54) is 5.56 Å². The molecule has 0 saturated carbocycles. The second kappa shape index (κ2) is 6.75. The van der Waals surface area contributed by atoms with E-state index in [9.17, 15) is 0 Å². The molecular formula is C20H21N7. The van der Waals surface area contributed by atoms with Crippen LogP contribution < -0.4 is 10.6 Å². The van der Waals surface area contributed by atoms with Gasteiger partial charge < -0.3 is 15.2 Å². The van der Waals surface area contributed by atoms with Gasteiger partial charge in [0.1, 0.15) is 0 Å². The molecule has 2 aliphatic rings. The number of benzene rings is 1. The van der Waals surface area contributed by atoms with E-state index in [1.54, 1.807) is 0 Å². The molecule has 0 amide bonds. The molecule has 1 aliphatic heterocycles. The van der Waals surface area contributed by atoms with Crippen LogP contribution in [0.2, 0.25) is 0 Å². The van der Waals surface area contributed by atoms with Crippen molar-refractivity contribution in [3.05, 3.63) is 72.5 Å². The molecule has 2 aromatic heterocycles. The number of hydrogen-bond donors (Lipinski definition) is 2. The van der Waals surface area contributed by atoms with Crippen molar-refractivity contribution in [1.29, 1.82) is 0 Å². The van der Waals surface area contributed by atoms with E-state index >= 15 is 0 Å². The Morgan fingerprint density at radius 3 is 3.07 bits per heavy atom. The van der Waals surface area contributed by atoms with Gasteiger partial charge in [0.25, 0.3) is 0 Å². The van der Waals surface area contributed by atoms with Gasteiger partial charge in [-0.15, -0.1) is 5.10 Å². The van der Waals surface area contributed by atoms with E-state index in [0.717, 1.165) is 43.3 Å². The van der Waals surface area contributed by atoms with Crippen molar-refractivity contribution in [3.63, 3.8) is 0 Å². The zero-order valence-corrected chi connectivity index (χ0v) is 14.9. The molecule has 7 nitrogen and oxygen atoms in total. The summed E-state index contributed by atoms with van der Waals surface area (Å²) in [5.74, 6) is 1.94. The first-order valence-corrected chi connectivity index (χ1v) is 9.25. The normalized spacial score (nSPS) is 17.6. The number of allylic oxidation sites excluding steroid dienone is 3. The van der Waals surface area contributed by atoms with Crippen LogP contribution in [-0.2, 0) is 13.1 Å². The third-order valence-corrected chi connectivity index (χ3v) is 5.03. The number of aryl methyl sites for hydroxylation is 1. The number of nitrogens with zero attached hydrogens (tertiary/aromatic N) is 5. The number of rotatable bonds is 5. The number of aromatic nitrogens is 5. The maximum Gasteiger partial charge on any atom is 0.248 e.